The van der Waals surface area contributed by atoms with Crippen molar-refractivity contribution in [2.45, 2.75) is 24.6 Å². The van der Waals surface area contributed by atoms with Crippen LogP contribution in [0.2, 0.25) is 0 Å². The smallest absolute Gasteiger partial charge is 0.340 e. The minimum atomic E-state index is -0.456. The van der Waals surface area contributed by atoms with Crippen molar-refractivity contribution in [1.29, 1.82) is 5.26 Å². The highest BCUT2D eigenvalue weighted by Crippen LogP contribution is 2.29. The molecule has 0 aliphatic heterocycles. The van der Waals surface area contributed by atoms with E-state index < -0.39 is 5.97 Å². The van der Waals surface area contributed by atoms with Crippen LogP contribution in [0.15, 0.2) is 46.8 Å². The number of esters is 1. The van der Waals surface area contributed by atoms with E-state index in [1.165, 1.54) is 11.8 Å². The van der Waals surface area contributed by atoms with Crippen molar-refractivity contribution in [3.63, 3.8) is 0 Å². The van der Waals surface area contributed by atoms with Crippen LogP contribution in [0.4, 0.5) is 0 Å². The Balaban J connectivity index is 1.76. The number of pyridine rings is 1. The molecular formula is C20H17N3O2S2. The molecule has 1 aromatic carbocycles. The van der Waals surface area contributed by atoms with Crippen LogP contribution in [0, 0.1) is 18.3 Å². The van der Waals surface area contributed by atoms with Gasteiger partial charge in [-0.3, -0.25) is 0 Å². The van der Waals surface area contributed by atoms with E-state index in [9.17, 15) is 10.1 Å². The second kappa shape index (κ2) is 8.80. The molecule has 0 unspecified atom stereocenters. The zero-order valence-electron chi connectivity index (χ0n) is 14.9. The molecule has 0 aliphatic carbocycles. The Bertz CT molecular complexity index is 994. The molecule has 3 rings (SSSR count). The van der Waals surface area contributed by atoms with Crippen molar-refractivity contribution in [1.82, 2.24) is 9.97 Å². The van der Waals surface area contributed by atoms with Crippen LogP contribution in [-0.2, 0) is 10.5 Å². The lowest BCUT2D eigenvalue weighted by molar-refractivity contribution is 0.0524. The molecule has 0 spiro atoms. The molecule has 3 aromatic rings. The fourth-order valence-electron chi connectivity index (χ4n) is 2.42. The fraction of sp³-hybridized carbons (Fsp3) is 0.200. The van der Waals surface area contributed by atoms with Gasteiger partial charge >= 0.3 is 5.97 Å². The van der Waals surface area contributed by atoms with Crippen molar-refractivity contribution >= 4 is 29.1 Å². The number of thioether (sulfide) groups is 1. The summed E-state index contributed by atoms with van der Waals surface area (Å²) in [6, 6.07) is 13.7. The number of carbonyl (C=O) groups excluding carboxylic acids is 1. The van der Waals surface area contributed by atoms with Crippen LogP contribution in [0.25, 0.3) is 10.6 Å². The van der Waals surface area contributed by atoms with Gasteiger partial charge < -0.3 is 4.74 Å². The van der Waals surface area contributed by atoms with Crippen LogP contribution >= 0.6 is 23.1 Å². The lowest BCUT2D eigenvalue weighted by Crippen LogP contribution is -2.09. The van der Waals surface area contributed by atoms with E-state index in [0.717, 1.165) is 16.3 Å². The van der Waals surface area contributed by atoms with Gasteiger partial charge in [-0.2, -0.15) is 5.26 Å². The van der Waals surface area contributed by atoms with Crippen molar-refractivity contribution in [3.05, 3.63) is 64.3 Å². The number of thiazole rings is 1. The van der Waals surface area contributed by atoms with Crippen molar-refractivity contribution in [2.24, 2.45) is 0 Å². The topological polar surface area (TPSA) is 75.9 Å². The maximum absolute atomic E-state index is 12.0. The zero-order valence-corrected chi connectivity index (χ0v) is 16.6. The Labute approximate surface area is 166 Å². The summed E-state index contributed by atoms with van der Waals surface area (Å²) in [6.45, 7) is 3.77. The predicted molar refractivity (Wildman–Crippen MR) is 107 cm³/mol. The largest absolute Gasteiger partial charge is 0.462 e. The number of hydrogen-bond acceptors (Lipinski definition) is 7. The van der Waals surface area contributed by atoms with Crippen LogP contribution in [0.1, 0.15) is 34.2 Å². The molecule has 0 atom stereocenters. The van der Waals surface area contributed by atoms with Gasteiger partial charge in [-0.25, -0.2) is 14.8 Å². The van der Waals surface area contributed by atoms with E-state index in [0.29, 0.717) is 27.6 Å². The Hall–Kier alpha value is -2.69. The third kappa shape index (κ3) is 4.54. The molecule has 0 saturated heterocycles. The fourth-order valence-corrected chi connectivity index (χ4v) is 4.24. The molecule has 0 amide bonds. The summed E-state index contributed by atoms with van der Waals surface area (Å²) < 4.78 is 5.02. The third-order valence-corrected chi connectivity index (χ3v) is 5.69. The first-order chi connectivity index (χ1) is 13.1. The summed E-state index contributed by atoms with van der Waals surface area (Å²) >= 11 is 3.03. The first kappa shape index (κ1) is 19.1. The highest BCUT2D eigenvalue weighted by atomic mass is 32.2. The lowest BCUT2D eigenvalue weighted by Gasteiger charge is -2.08. The second-order valence-corrected chi connectivity index (χ2v) is 7.43. The standard InChI is InChI=1S/C20H17N3O2S2/c1-3-25-20(24)17-9-15(10-21)19(22-13(17)2)27-12-16-11-26-18(23-16)14-7-5-4-6-8-14/h4-9,11H,3,12H2,1-2H3. The first-order valence-corrected chi connectivity index (χ1v) is 10.2. The van der Waals surface area contributed by atoms with Gasteiger partial charge in [-0.1, -0.05) is 42.1 Å². The third-order valence-electron chi connectivity index (χ3n) is 3.72. The Morgan fingerprint density at radius 1 is 1.30 bits per heavy atom. The average Bonchev–Trinajstić information content (AvgIpc) is 3.16. The molecule has 0 bridgehead atoms. The van der Waals surface area contributed by atoms with E-state index >= 15 is 0 Å². The van der Waals surface area contributed by atoms with E-state index in [1.807, 2.05) is 35.7 Å². The highest BCUT2D eigenvalue weighted by Gasteiger charge is 2.16. The van der Waals surface area contributed by atoms with Gasteiger partial charge in [0.25, 0.3) is 0 Å². The molecule has 0 aliphatic rings. The van der Waals surface area contributed by atoms with Gasteiger partial charge in [0.1, 0.15) is 16.1 Å². The van der Waals surface area contributed by atoms with E-state index in [-0.39, 0.29) is 6.61 Å². The van der Waals surface area contributed by atoms with Gasteiger partial charge in [0.2, 0.25) is 0 Å². The summed E-state index contributed by atoms with van der Waals surface area (Å²) in [5, 5.41) is 13.0. The molecule has 0 saturated carbocycles. The number of aryl methyl sites for hydroxylation is 1. The summed E-state index contributed by atoms with van der Waals surface area (Å²) in [5.41, 5.74) is 3.27. The number of aromatic nitrogens is 2. The average molecular weight is 396 g/mol. The van der Waals surface area contributed by atoms with Crippen LogP contribution in [0.3, 0.4) is 0 Å². The van der Waals surface area contributed by atoms with Gasteiger partial charge in [0.05, 0.1) is 29.1 Å². The van der Waals surface area contributed by atoms with Crippen LogP contribution in [0.5, 0.6) is 0 Å². The van der Waals surface area contributed by atoms with Gasteiger partial charge in [-0.15, -0.1) is 11.3 Å². The first-order valence-electron chi connectivity index (χ1n) is 8.33. The van der Waals surface area contributed by atoms with Crippen LogP contribution in [-0.4, -0.2) is 22.5 Å². The second-order valence-electron chi connectivity index (χ2n) is 5.61. The summed E-state index contributed by atoms with van der Waals surface area (Å²) in [6.07, 6.45) is 0. The monoisotopic (exact) mass is 395 g/mol. The quantitative estimate of drug-likeness (QED) is 0.438. The lowest BCUT2D eigenvalue weighted by atomic mass is 10.1. The van der Waals surface area contributed by atoms with E-state index in [2.05, 4.69) is 16.0 Å². The van der Waals surface area contributed by atoms with Gasteiger partial charge in [0.15, 0.2) is 0 Å². The van der Waals surface area contributed by atoms with Gasteiger partial charge in [0, 0.05) is 16.7 Å². The zero-order chi connectivity index (χ0) is 19.2. The number of nitrogens with zero attached hydrogens (tertiary/aromatic N) is 3. The molecule has 136 valence electrons. The Morgan fingerprint density at radius 2 is 2.07 bits per heavy atom. The molecule has 0 radical (unpaired) electrons. The summed E-state index contributed by atoms with van der Waals surface area (Å²) in [7, 11) is 0. The number of hydrogen-bond donors (Lipinski definition) is 0. The molecule has 27 heavy (non-hydrogen) atoms. The minimum Gasteiger partial charge on any atom is -0.462 e. The number of carbonyl (C=O) groups is 1. The Kier molecular flexibility index (Phi) is 6.22. The maximum Gasteiger partial charge on any atom is 0.340 e. The van der Waals surface area contributed by atoms with Crippen molar-refractivity contribution in [2.75, 3.05) is 6.61 Å². The highest BCUT2D eigenvalue weighted by molar-refractivity contribution is 7.98. The van der Waals surface area contributed by atoms with Crippen LogP contribution < -0.4 is 0 Å². The van der Waals surface area contributed by atoms with Crippen molar-refractivity contribution in [3.8, 4) is 16.6 Å². The normalized spacial score (nSPS) is 10.4. The minimum absolute atomic E-state index is 0.282. The molecule has 2 aromatic heterocycles. The predicted octanol–water partition coefficient (Wildman–Crippen LogP) is 4.85. The number of benzene rings is 1. The number of nitriles is 1. The van der Waals surface area contributed by atoms with Gasteiger partial charge in [-0.05, 0) is 19.9 Å². The maximum atomic E-state index is 12.0. The van der Waals surface area contributed by atoms with E-state index in [4.69, 9.17) is 4.74 Å². The molecule has 5 nitrogen and oxygen atoms in total. The molecule has 0 fully saturated rings. The number of ether oxygens (including phenoxy) is 1. The Morgan fingerprint density at radius 3 is 2.78 bits per heavy atom. The van der Waals surface area contributed by atoms with Crippen molar-refractivity contribution < 1.29 is 9.53 Å². The number of rotatable bonds is 6. The SMILES string of the molecule is CCOC(=O)c1cc(C#N)c(SCc2csc(-c3ccccc3)n2)nc1C. The summed E-state index contributed by atoms with van der Waals surface area (Å²) in [5.74, 6) is 0.144. The summed E-state index contributed by atoms with van der Waals surface area (Å²) in [4.78, 5) is 21.1. The molecular weight excluding hydrogens is 378 g/mol. The molecule has 2 heterocycles. The molecule has 7 heteroatoms. The van der Waals surface area contributed by atoms with E-state index in [1.54, 1.807) is 31.3 Å². The molecule has 0 N–H and O–H groups in total.